The molecule has 69 heavy (non-hydrogen) atoms. The Morgan fingerprint density at radius 2 is 1.00 bits per heavy atom. The van der Waals surface area contributed by atoms with E-state index in [0.717, 1.165) is 35.6 Å². The Bertz CT molecular complexity index is 2090. The molecule has 14 nitrogen and oxygen atoms in total. The Kier molecular flexibility index (Phi) is 39.1. The number of aromatic amines is 2. The minimum atomic E-state index is -0.745. The number of nitrogens with zero attached hydrogens (tertiary/aromatic N) is 4. The van der Waals surface area contributed by atoms with Gasteiger partial charge in [0, 0.05) is 43.6 Å². The monoisotopic (exact) mass is 949 g/mol. The first kappa shape index (κ1) is 65.9. The maximum atomic E-state index is 11.6. The summed E-state index contributed by atoms with van der Waals surface area (Å²) in [5, 5.41) is 2.44. The topological polar surface area (TPSA) is 203 Å². The van der Waals surface area contributed by atoms with E-state index in [4.69, 9.17) is 4.79 Å². The van der Waals surface area contributed by atoms with Gasteiger partial charge in [-0.1, -0.05) is 90.1 Å². The van der Waals surface area contributed by atoms with Gasteiger partial charge in [0.1, 0.15) is 0 Å². The number of methoxy groups -OCH3 is 2. The molecule has 2 aliphatic heterocycles. The van der Waals surface area contributed by atoms with Gasteiger partial charge >= 0.3 is 6.09 Å². The molecule has 2 aromatic heterocycles. The first-order valence-electron chi connectivity index (χ1n) is 22.9. The molecule has 0 radical (unpaired) electrons. The molecule has 376 valence electrons. The Hall–Kier alpha value is -7.34. The van der Waals surface area contributed by atoms with E-state index in [1.54, 1.807) is 12.7 Å². The average molecular weight is 949 g/mol. The number of aromatic nitrogens is 4. The number of imidazole rings is 2. The first-order valence-corrected chi connectivity index (χ1v) is 22.9. The smallest absolute Gasteiger partial charge is 0.404 e. The highest BCUT2D eigenvalue weighted by Gasteiger charge is 2.26. The van der Waals surface area contributed by atoms with Gasteiger partial charge in [0.2, 0.25) is 11.8 Å². The standard InChI is InChI=1S/C22H16N4.2C10H19NO.C2H5NO2.C2H4O2.C2H6.3C2H2.CH5N/c1-3-16(21-11-23-13-25-21)4-2-15(1)17-5-6-19-10-20(8-7-18(19)9-17)22-12-24-14-26-22;2*1-8(2)7-10(12)11-6-4-5-9(11)3;1-5-2(3)4;1-4-2-3;5*1-2/h1-14H,(H,23,25)(H,24,26);2*8-9H,4-7H2,1-3H3;1H3,(H2,3,4);2H,1H3;1-2H3;3*1-2H;2H2,1H3/t;2*9-;;;;;;;/m.11......./s1. The van der Waals surface area contributed by atoms with Crippen LogP contribution in [0.1, 0.15) is 93.9 Å². The second kappa shape index (κ2) is 40.9. The number of amides is 3. The molecule has 0 bridgehead atoms. The number of H-pyrrole nitrogens is 2. The molecule has 3 aromatic carbocycles. The maximum absolute atomic E-state index is 11.6. The van der Waals surface area contributed by atoms with E-state index in [9.17, 15) is 14.4 Å². The predicted molar refractivity (Wildman–Crippen MR) is 285 cm³/mol. The van der Waals surface area contributed by atoms with Gasteiger partial charge in [0.05, 0.1) is 50.7 Å². The van der Waals surface area contributed by atoms with E-state index in [2.05, 4.69) is 182 Å². The highest BCUT2D eigenvalue weighted by Crippen LogP contribution is 2.29. The van der Waals surface area contributed by atoms with E-state index < -0.39 is 6.09 Å². The van der Waals surface area contributed by atoms with Gasteiger partial charge in [-0.3, -0.25) is 14.4 Å². The number of hydrogen-bond acceptors (Lipinski definition) is 9. The van der Waals surface area contributed by atoms with Crippen LogP contribution in [-0.2, 0) is 23.9 Å². The van der Waals surface area contributed by atoms with Crippen molar-refractivity contribution in [3.63, 3.8) is 0 Å². The van der Waals surface area contributed by atoms with Crippen molar-refractivity contribution in [2.24, 2.45) is 23.3 Å². The summed E-state index contributed by atoms with van der Waals surface area (Å²) in [5.74, 6) is 1.67. The number of nitrogens with one attached hydrogen (secondary N) is 2. The Balaban J connectivity index is -0.000000859. The second-order valence-electron chi connectivity index (χ2n) is 15.5. The fourth-order valence-corrected chi connectivity index (χ4v) is 6.80. The minimum Gasteiger partial charge on any atom is -0.471 e. The van der Waals surface area contributed by atoms with Crippen LogP contribution in [0.5, 0.6) is 0 Å². The van der Waals surface area contributed by atoms with Crippen molar-refractivity contribution < 1.29 is 28.7 Å². The lowest BCUT2D eigenvalue weighted by atomic mass is 9.98. The number of carbonyl (C=O) groups excluding carboxylic acids is 4. The van der Waals surface area contributed by atoms with Gasteiger partial charge in [0.15, 0.2) is 0 Å². The van der Waals surface area contributed by atoms with Gasteiger partial charge in [-0.15, -0.1) is 38.5 Å². The van der Waals surface area contributed by atoms with Crippen LogP contribution in [0.4, 0.5) is 4.79 Å². The SMILES string of the molecule is C#C.C#C.C#C.CC.CC(C)CC(=O)N1CCC[C@H]1C.CC(C)CC(=O)N1CCC[C@H]1C.CN.COC(N)=O.COC=O.c1ncc(-c2ccc(-c3ccc4cc(-c5cnc[nH]5)ccc4c3)cc2)[nH]1. The van der Waals surface area contributed by atoms with Gasteiger partial charge < -0.3 is 40.7 Å². The summed E-state index contributed by atoms with van der Waals surface area (Å²) in [6, 6.07) is 22.6. The number of ether oxygens (including phenoxy) is 2. The largest absolute Gasteiger partial charge is 0.471 e. The van der Waals surface area contributed by atoms with Gasteiger partial charge in [0.25, 0.3) is 6.47 Å². The van der Waals surface area contributed by atoms with Crippen molar-refractivity contribution in [2.75, 3.05) is 34.4 Å². The van der Waals surface area contributed by atoms with Crippen molar-refractivity contribution in [3.05, 3.63) is 85.7 Å². The lowest BCUT2D eigenvalue weighted by molar-refractivity contribution is -0.133. The molecule has 6 N–H and O–H groups in total. The molecule has 4 heterocycles. The maximum Gasteiger partial charge on any atom is 0.404 e. The average Bonchev–Trinajstić information content (AvgIpc) is 4.25. The first-order chi connectivity index (χ1) is 33.3. The van der Waals surface area contributed by atoms with Crippen LogP contribution >= 0.6 is 0 Å². The molecule has 5 aromatic rings. The molecule has 0 aliphatic carbocycles. The molecular formula is C55H80N8O6. The molecule has 2 aliphatic rings. The molecule has 3 amide bonds. The third kappa shape index (κ3) is 26.0. The summed E-state index contributed by atoms with van der Waals surface area (Å²) in [7, 11) is 4.04. The molecule has 0 unspecified atom stereocenters. The number of fused-ring (bicyclic) bond motifs is 1. The highest BCUT2D eigenvalue weighted by atomic mass is 16.5. The molecule has 14 heteroatoms. The van der Waals surface area contributed by atoms with Crippen LogP contribution in [-0.4, -0.2) is 101 Å². The summed E-state index contributed by atoms with van der Waals surface area (Å²) in [6.45, 7) is 19.0. The van der Waals surface area contributed by atoms with Gasteiger partial charge in [-0.2, -0.15) is 0 Å². The molecule has 0 saturated carbocycles. The third-order valence-electron chi connectivity index (χ3n) is 9.89. The highest BCUT2D eigenvalue weighted by molar-refractivity contribution is 5.90. The molecule has 2 fully saturated rings. The lowest BCUT2D eigenvalue weighted by Crippen LogP contribution is -2.34. The predicted octanol–water partition coefficient (Wildman–Crippen LogP) is 10.2. The van der Waals surface area contributed by atoms with Crippen LogP contribution in [0.3, 0.4) is 0 Å². The number of carbonyl (C=O) groups is 4. The number of benzene rings is 3. The third-order valence-corrected chi connectivity index (χ3v) is 9.89. The van der Waals surface area contributed by atoms with Crippen LogP contribution in [0, 0.1) is 50.4 Å². The van der Waals surface area contributed by atoms with E-state index in [0.29, 0.717) is 55.0 Å². The van der Waals surface area contributed by atoms with E-state index >= 15 is 0 Å². The van der Waals surface area contributed by atoms with Gasteiger partial charge in [-0.05, 0) is 98.0 Å². The number of hydrogen-bond donors (Lipinski definition) is 4. The Morgan fingerprint density at radius 3 is 1.30 bits per heavy atom. The molecule has 2 saturated heterocycles. The van der Waals surface area contributed by atoms with E-state index in [1.165, 1.54) is 68.8 Å². The summed E-state index contributed by atoms with van der Waals surface area (Å²) < 4.78 is 7.75. The summed E-state index contributed by atoms with van der Waals surface area (Å²) in [6.07, 6.45) is 36.5. The fraction of sp³-hybridized carbons (Fsp3) is 0.418. The summed E-state index contributed by atoms with van der Waals surface area (Å²) in [5.41, 5.74) is 15.7. The quantitative estimate of drug-likeness (QED) is 0.0862. The van der Waals surface area contributed by atoms with Crippen LogP contribution in [0.2, 0.25) is 0 Å². The zero-order valence-corrected chi connectivity index (χ0v) is 43.0. The number of terminal acetylenes is 3. The normalized spacial score (nSPS) is 13.4. The van der Waals surface area contributed by atoms with Crippen LogP contribution in [0.25, 0.3) is 44.4 Å². The lowest BCUT2D eigenvalue weighted by Gasteiger charge is -2.22. The fourth-order valence-electron chi connectivity index (χ4n) is 6.80. The molecule has 7 rings (SSSR count). The van der Waals surface area contributed by atoms with Crippen LogP contribution in [0.15, 0.2) is 85.7 Å². The van der Waals surface area contributed by atoms with Crippen molar-refractivity contribution in [3.8, 4) is 72.2 Å². The number of rotatable bonds is 8. The molecule has 0 spiro atoms. The molecule has 2 atom stereocenters. The summed E-state index contributed by atoms with van der Waals surface area (Å²) in [4.78, 5) is 60.0. The summed E-state index contributed by atoms with van der Waals surface area (Å²) >= 11 is 0. The number of primary amides is 1. The van der Waals surface area contributed by atoms with Crippen molar-refractivity contribution in [2.45, 2.75) is 106 Å². The van der Waals surface area contributed by atoms with Crippen molar-refractivity contribution >= 4 is 35.2 Å². The Labute approximate surface area is 413 Å². The number of likely N-dealkylation sites (tertiary alicyclic amines) is 2. The second-order valence-corrected chi connectivity index (χ2v) is 15.5. The minimum absolute atomic E-state index is 0.343. The van der Waals surface area contributed by atoms with Crippen molar-refractivity contribution in [1.82, 2.24) is 29.7 Å². The number of nitrogens with two attached hydrogens (primary N) is 2. The van der Waals surface area contributed by atoms with Crippen molar-refractivity contribution in [1.29, 1.82) is 0 Å². The van der Waals surface area contributed by atoms with E-state index in [-0.39, 0.29) is 0 Å². The van der Waals surface area contributed by atoms with Crippen LogP contribution < -0.4 is 11.5 Å². The van der Waals surface area contributed by atoms with E-state index in [1.807, 2.05) is 36.0 Å². The van der Waals surface area contributed by atoms with Gasteiger partial charge in [-0.25, -0.2) is 14.8 Å². The molecular weight excluding hydrogens is 869 g/mol. The Morgan fingerprint density at radius 1 is 0.667 bits per heavy atom. The zero-order chi connectivity index (χ0) is 53.3. The zero-order valence-electron chi connectivity index (χ0n) is 43.0.